The van der Waals surface area contributed by atoms with Gasteiger partial charge < -0.3 is 20.9 Å². The predicted molar refractivity (Wildman–Crippen MR) is 99.8 cm³/mol. The van der Waals surface area contributed by atoms with Gasteiger partial charge in [0.05, 0.1) is 13.2 Å². The molecule has 0 aromatic rings. The van der Waals surface area contributed by atoms with Gasteiger partial charge in [-0.3, -0.25) is 0 Å². The van der Waals surface area contributed by atoms with Crippen LogP contribution in [0.5, 0.6) is 0 Å². The second kappa shape index (κ2) is 15.2. The summed E-state index contributed by atoms with van der Waals surface area (Å²) in [7, 11) is 9.75. The van der Waals surface area contributed by atoms with Gasteiger partial charge >= 0.3 is 35.3 Å². The Morgan fingerprint density at radius 1 is 0.875 bits per heavy atom. The molecule has 150 valence electrons. The van der Waals surface area contributed by atoms with Gasteiger partial charge in [0.25, 0.3) is 0 Å². The van der Waals surface area contributed by atoms with Gasteiger partial charge in [0, 0.05) is 24.9 Å². The fraction of sp³-hybridized carbons (Fsp3) is 1.00. The number of unbranched alkanes of at least 4 members (excludes halogenated alkanes) is 7. The maximum atomic E-state index is 5.94. The van der Waals surface area contributed by atoms with Crippen molar-refractivity contribution in [1.29, 1.82) is 0 Å². The minimum atomic E-state index is -0.472. The average molecular weight is 566 g/mol. The molecule has 1 aliphatic heterocycles. The van der Waals surface area contributed by atoms with Crippen LogP contribution in [0, 0.1) is 5.41 Å². The Balaban J connectivity index is 0.00000163. The molecule has 0 atom stereocenters. The van der Waals surface area contributed by atoms with Crippen LogP contribution in [0.15, 0.2) is 0 Å². The fourth-order valence-electron chi connectivity index (χ4n) is 2.74. The first-order valence-corrected chi connectivity index (χ1v) is 14.6. The number of rotatable bonds is 11. The number of halogens is 2. The van der Waals surface area contributed by atoms with Crippen molar-refractivity contribution in [2.45, 2.75) is 77.4 Å². The van der Waals surface area contributed by atoms with E-state index in [-0.39, 0.29) is 5.41 Å². The van der Waals surface area contributed by atoms with E-state index >= 15 is 0 Å². The van der Waals surface area contributed by atoms with Crippen LogP contribution < -0.4 is 11.5 Å². The van der Waals surface area contributed by atoms with Crippen LogP contribution in [0.3, 0.4) is 0 Å². The molecule has 1 rings (SSSR count). The van der Waals surface area contributed by atoms with Gasteiger partial charge in [-0.15, -0.1) is 0 Å². The monoisotopic (exact) mass is 565 g/mol. The normalized spacial score (nSPS) is 18.9. The van der Waals surface area contributed by atoms with Gasteiger partial charge in [-0.1, -0.05) is 51.9 Å². The first-order chi connectivity index (χ1) is 11.5. The van der Waals surface area contributed by atoms with E-state index in [0.717, 1.165) is 6.42 Å². The SMILES string of the molecule is CCCCCCCCCCC1(C)OCC(CN)(CN)CO1.[Cl][Pt][Cl]. The molecular weight excluding hydrogens is 530 g/mol. The number of hydrogen-bond donors (Lipinski definition) is 2. The average Bonchev–Trinajstić information content (AvgIpc) is 2.59. The Hall–Kier alpha value is 1.11. The van der Waals surface area contributed by atoms with Gasteiger partial charge in [0.1, 0.15) is 0 Å². The molecule has 4 N–H and O–H groups in total. The molecule has 0 amide bonds. The Morgan fingerprint density at radius 2 is 1.29 bits per heavy atom. The van der Waals surface area contributed by atoms with E-state index in [1.165, 1.54) is 51.4 Å². The molecule has 1 fully saturated rings. The number of nitrogens with two attached hydrogens (primary N) is 2. The molecule has 0 spiro atoms. The standard InChI is InChI=1S/C17H36N2O2.2ClH.Pt/c1-3-4-5-6-7-8-9-10-11-16(2)20-14-17(12-18,13-19)15-21-16;;;/h3-15,18-19H2,1-2H3;2*1H;/q;;;+2/p-2. The second-order valence-electron chi connectivity index (χ2n) is 6.89. The van der Waals surface area contributed by atoms with Gasteiger partial charge in [0.15, 0.2) is 5.79 Å². The van der Waals surface area contributed by atoms with Crippen molar-refractivity contribution in [1.82, 2.24) is 0 Å². The first kappa shape index (κ1) is 25.1. The Labute approximate surface area is 165 Å². The zero-order chi connectivity index (χ0) is 18.3. The molecule has 4 nitrogen and oxygen atoms in total. The molecule has 7 heteroatoms. The summed E-state index contributed by atoms with van der Waals surface area (Å²) in [5, 5.41) is 0. The van der Waals surface area contributed by atoms with Crippen LogP contribution in [0.25, 0.3) is 0 Å². The molecule has 0 aromatic carbocycles. The Morgan fingerprint density at radius 3 is 1.71 bits per heavy atom. The van der Waals surface area contributed by atoms with Gasteiger partial charge in [0.2, 0.25) is 0 Å². The molecular formula is C17H36Cl2N2O2Pt. The molecule has 0 saturated carbocycles. The third-order valence-corrected chi connectivity index (χ3v) is 4.72. The van der Waals surface area contributed by atoms with Crippen molar-refractivity contribution in [3.63, 3.8) is 0 Å². The summed E-state index contributed by atoms with van der Waals surface area (Å²) in [4.78, 5) is 0. The van der Waals surface area contributed by atoms with Crippen molar-refractivity contribution in [2.24, 2.45) is 16.9 Å². The van der Waals surface area contributed by atoms with Crippen LogP contribution >= 0.6 is 18.8 Å². The predicted octanol–water partition coefficient (Wildman–Crippen LogP) is 4.56. The van der Waals surface area contributed by atoms with Gasteiger partial charge in [-0.25, -0.2) is 0 Å². The molecule has 24 heavy (non-hydrogen) atoms. The van der Waals surface area contributed by atoms with E-state index in [4.69, 9.17) is 39.8 Å². The molecule has 0 unspecified atom stereocenters. The maximum absolute atomic E-state index is 5.94. The van der Waals surface area contributed by atoms with Crippen LogP contribution in [-0.2, 0) is 26.0 Å². The van der Waals surface area contributed by atoms with Crippen LogP contribution in [0.2, 0.25) is 0 Å². The molecule has 0 aliphatic carbocycles. The number of ether oxygens (including phenoxy) is 2. The molecule has 1 heterocycles. The molecule has 1 aliphatic rings. The van der Waals surface area contributed by atoms with Crippen LogP contribution in [0.1, 0.15) is 71.6 Å². The van der Waals surface area contributed by atoms with Crippen molar-refractivity contribution in [2.75, 3.05) is 26.3 Å². The van der Waals surface area contributed by atoms with Gasteiger partial charge in [-0.05, 0) is 13.3 Å². The summed E-state index contributed by atoms with van der Waals surface area (Å²) in [6.45, 7) is 6.59. The third-order valence-electron chi connectivity index (χ3n) is 4.72. The van der Waals surface area contributed by atoms with E-state index in [1.54, 1.807) is 0 Å². The Kier molecular flexibility index (Phi) is 15.9. The molecule has 1 saturated heterocycles. The zero-order valence-electron chi connectivity index (χ0n) is 15.2. The summed E-state index contributed by atoms with van der Waals surface area (Å²) >= 11 is -0.472. The summed E-state index contributed by atoms with van der Waals surface area (Å²) in [6, 6.07) is 0. The van der Waals surface area contributed by atoms with Gasteiger partial charge in [-0.2, -0.15) is 0 Å². The molecule has 0 aromatic heterocycles. The van der Waals surface area contributed by atoms with E-state index < -0.39 is 22.3 Å². The summed E-state index contributed by atoms with van der Waals surface area (Å²) in [6.07, 6.45) is 11.6. The number of hydrogen-bond acceptors (Lipinski definition) is 4. The van der Waals surface area contributed by atoms with E-state index in [9.17, 15) is 0 Å². The van der Waals surface area contributed by atoms with E-state index in [1.807, 2.05) is 6.92 Å². The topological polar surface area (TPSA) is 70.5 Å². The summed E-state index contributed by atoms with van der Waals surface area (Å²) < 4.78 is 11.9. The van der Waals surface area contributed by atoms with E-state index in [0.29, 0.717) is 26.3 Å². The Bertz CT molecular complexity index is 286. The molecule has 0 bridgehead atoms. The van der Waals surface area contributed by atoms with Crippen molar-refractivity contribution in [3.8, 4) is 0 Å². The van der Waals surface area contributed by atoms with Crippen molar-refractivity contribution < 1.29 is 26.0 Å². The van der Waals surface area contributed by atoms with Crippen LogP contribution in [0.4, 0.5) is 0 Å². The fourth-order valence-corrected chi connectivity index (χ4v) is 2.74. The minimum absolute atomic E-state index is 0.182. The first-order valence-electron chi connectivity index (χ1n) is 9.02. The zero-order valence-corrected chi connectivity index (χ0v) is 19.0. The second-order valence-corrected chi connectivity index (χ2v) is 10.2. The molecule has 0 radical (unpaired) electrons. The van der Waals surface area contributed by atoms with Crippen LogP contribution in [-0.4, -0.2) is 32.1 Å². The summed E-state index contributed by atoms with van der Waals surface area (Å²) in [5.74, 6) is -0.434. The third kappa shape index (κ3) is 11.0. The quantitative estimate of drug-likeness (QED) is 0.360. The van der Waals surface area contributed by atoms with E-state index in [2.05, 4.69) is 6.92 Å². The summed E-state index contributed by atoms with van der Waals surface area (Å²) in [5.41, 5.74) is 11.4. The van der Waals surface area contributed by atoms with Crippen molar-refractivity contribution in [3.05, 3.63) is 0 Å². The van der Waals surface area contributed by atoms with Crippen molar-refractivity contribution >= 4 is 18.8 Å².